The van der Waals surface area contributed by atoms with Gasteiger partial charge in [0, 0.05) is 5.41 Å². The van der Waals surface area contributed by atoms with E-state index in [9.17, 15) is 9.90 Å². The molecule has 4 rings (SSSR count). The molecule has 0 amide bonds. The molecule has 0 unspecified atom stereocenters. The van der Waals surface area contributed by atoms with Crippen molar-refractivity contribution in [2.24, 2.45) is 5.41 Å². The molecule has 1 fully saturated rings. The van der Waals surface area contributed by atoms with E-state index in [2.05, 4.69) is 6.58 Å². The van der Waals surface area contributed by atoms with E-state index in [1.54, 1.807) is 26.8 Å². The number of ketones is 1. The summed E-state index contributed by atoms with van der Waals surface area (Å²) in [5.74, 6) is -0.473. The SMILES string of the molecule is C=CCO[C@@H]1O[C@H](COCc2ccccc2)[C@@H](OCc2ccccc2)[C@H](OCc2ccccc2)[C@]1(O)C(=O)C(C)(C)C. The second-order valence-corrected chi connectivity index (χ2v) is 11.5. The van der Waals surface area contributed by atoms with Crippen molar-refractivity contribution in [2.75, 3.05) is 13.2 Å². The Labute approximate surface area is 249 Å². The molecule has 1 N–H and O–H groups in total. The molecule has 0 spiro atoms. The fourth-order valence-corrected chi connectivity index (χ4v) is 5.02. The molecule has 0 saturated carbocycles. The normalized spacial score (nSPS) is 24.3. The zero-order valence-corrected chi connectivity index (χ0v) is 24.7. The Hall–Kier alpha value is -3.17. The number of benzene rings is 3. The van der Waals surface area contributed by atoms with Crippen LogP contribution in [0.5, 0.6) is 0 Å². The van der Waals surface area contributed by atoms with Gasteiger partial charge in [-0.2, -0.15) is 0 Å². The maximum Gasteiger partial charge on any atom is 0.203 e. The van der Waals surface area contributed by atoms with Crippen molar-refractivity contribution in [3.8, 4) is 0 Å². The van der Waals surface area contributed by atoms with Crippen LogP contribution in [0, 0.1) is 5.41 Å². The highest BCUT2D eigenvalue weighted by Crippen LogP contribution is 2.40. The predicted molar refractivity (Wildman–Crippen MR) is 160 cm³/mol. The molecule has 3 aromatic carbocycles. The maximum absolute atomic E-state index is 14.1. The van der Waals surface area contributed by atoms with E-state index in [-0.39, 0.29) is 26.4 Å². The van der Waals surface area contributed by atoms with E-state index in [4.69, 9.17) is 23.7 Å². The predicted octanol–water partition coefficient (Wildman–Crippen LogP) is 5.65. The second-order valence-electron chi connectivity index (χ2n) is 11.5. The number of carbonyl (C=O) groups excluding carboxylic acids is 1. The number of ether oxygens (including phenoxy) is 5. The average molecular weight is 575 g/mol. The Morgan fingerprint density at radius 1 is 0.833 bits per heavy atom. The van der Waals surface area contributed by atoms with Crippen molar-refractivity contribution in [1.82, 2.24) is 0 Å². The number of aliphatic hydroxyl groups is 1. The van der Waals surface area contributed by atoms with E-state index in [1.807, 2.05) is 91.0 Å². The summed E-state index contributed by atoms with van der Waals surface area (Å²) in [4.78, 5) is 14.1. The van der Waals surface area contributed by atoms with Crippen LogP contribution in [0.15, 0.2) is 104 Å². The van der Waals surface area contributed by atoms with Crippen molar-refractivity contribution >= 4 is 5.78 Å². The summed E-state index contributed by atoms with van der Waals surface area (Å²) in [5, 5.41) is 12.4. The minimum atomic E-state index is -2.19. The van der Waals surface area contributed by atoms with Gasteiger partial charge in [-0.25, -0.2) is 0 Å². The van der Waals surface area contributed by atoms with Gasteiger partial charge in [-0.15, -0.1) is 6.58 Å². The number of hydrogen-bond donors (Lipinski definition) is 1. The van der Waals surface area contributed by atoms with Gasteiger partial charge in [0.2, 0.25) is 5.60 Å². The minimum absolute atomic E-state index is 0.0585. The van der Waals surface area contributed by atoms with Gasteiger partial charge in [-0.1, -0.05) is 118 Å². The molecule has 42 heavy (non-hydrogen) atoms. The topological polar surface area (TPSA) is 83.5 Å². The fourth-order valence-electron chi connectivity index (χ4n) is 5.02. The Kier molecular flexibility index (Phi) is 11.2. The largest absolute Gasteiger partial charge is 0.375 e. The van der Waals surface area contributed by atoms with Crippen LogP contribution >= 0.6 is 0 Å². The smallest absolute Gasteiger partial charge is 0.203 e. The van der Waals surface area contributed by atoms with Gasteiger partial charge in [-0.05, 0) is 16.7 Å². The lowest BCUT2D eigenvalue weighted by molar-refractivity contribution is -0.344. The van der Waals surface area contributed by atoms with Crippen LogP contribution < -0.4 is 0 Å². The van der Waals surface area contributed by atoms with Crippen molar-refractivity contribution in [3.05, 3.63) is 120 Å². The highest BCUT2D eigenvalue weighted by atomic mass is 16.7. The van der Waals surface area contributed by atoms with Gasteiger partial charge >= 0.3 is 0 Å². The number of rotatable bonds is 14. The van der Waals surface area contributed by atoms with E-state index in [0.717, 1.165) is 16.7 Å². The molecule has 0 bridgehead atoms. The Morgan fingerprint density at radius 3 is 1.83 bits per heavy atom. The second kappa shape index (κ2) is 14.8. The first-order valence-electron chi connectivity index (χ1n) is 14.3. The third-order valence-corrected chi connectivity index (χ3v) is 7.12. The standard InChI is InChI=1S/C35H42O7/c1-5-21-39-33-35(37,32(36)34(2,3)4)31(41-24-28-19-13-8-14-20-28)30(40-23-27-17-11-7-12-18-27)29(42-33)25-38-22-26-15-9-6-10-16-26/h5-20,29-31,33,37H,1,21-25H2,2-4H3/t29-,30-,31+,33-,35+/m1/s1. The van der Waals surface area contributed by atoms with Gasteiger partial charge in [0.15, 0.2) is 12.1 Å². The van der Waals surface area contributed by atoms with Crippen molar-refractivity contribution in [2.45, 2.75) is 70.8 Å². The van der Waals surface area contributed by atoms with E-state index < -0.39 is 41.4 Å². The molecule has 0 radical (unpaired) electrons. The molecule has 1 saturated heterocycles. The third kappa shape index (κ3) is 8.01. The molecular weight excluding hydrogens is 532 g/mol. The van der Waals surface area contributed by atoms with Gasteiger partial charge in [0.05, 0.1) is 33.0 Å². The zero-order valence-electron chi connectivity index (χ0n) is 24.7. The lowest BCUT2D eigenvalue weighted by atomic mass is 9.73. The first-order valence-corrected chi connectivity index (χ1v) is 14.3. The van der Waals surface area contributed by atoms with E-state index >= 15 is 0 Å². The molecule has 1 aliphatic rings. The van der Waals surface area contributed by atoms with Crippen molar-refractivity contribution in [1.29, 1.82) is 0 Å². The van der Waals surface area contributed by atoms with Crippen LogP contribution in [0.25, 0.3) is 0 Å². The Morgan fingerprint density at radius 2 is 1.33 bits per heavy atom. The summed E-state index contributed by atoms with van der Waals surface area (Å²) in [5.41, 5.74) is -0.308. The van der Waals surface area contributed by atoms with Crippen molar-refractivity contribution < 1.29 is 33.6 Å². The van der Waals surface area contributed by atoms with Crippen LogP contribution in [0.1, 0.15) is 37.5 Å². The van der Waals surface area contributed by atoms with Gasteiger partial charge < -0.3 is 28.8 Å². The summed E-state index contributed by atoms with van der Waals surface area (Å²) in [7, 11) is 0. The zero-order chi connectivity index (χ0) is 30.0. The number of hydrogen-bond acceptors (Lipinski definition) is 7. The molecule has 1 aliphatic heterocycles. The maximum atomic E-state index is 14.1. The number of Topliss-reactive ketones (excluding diaryl/α,β-unsaturated/α-hetero) is 1. The quantitative estimate of drug-likeness (QED) is 0.249. The summed E-state index contributed by atoms with van der Waals surface area (Å²) >= 11 is 0. The van der Waals surface area contributed by atoms with Crippen molar-refractivity contribution in [3.63, 3.8) is 0 Å². The van der Waals surface area contributed by atoms with Crippen LogP contribution in [0.4, 0.5) is 0 Å². The summed E-state index contributed by atoms with van der Waals surface area (Å²) in [6, 6.07) is 29.1. The third-order valence-electron chi connectivity index (χ3n) is 7.12. The molecule has 1 heterocycles. The van der Waals surface area contributed by atoms with Crippen LogP contribution in [0.2, 0.25) is 0 Å². The Bertz CT molecular complexity index is 1240. The van der Waals surface area contributed by atoms with Gasteiger partial charge in [-0.3, -0.25) is 4.79 Å². The molecule has 7 nitrogen and oxygen atoms in total. The summed E-state index contributed by atoms with van der Waals surface area (Å²) in [6.45, 7) is 9.87. The average Bonchev–Trinajstić information content (AvgIpc) is 3.00. The summed E-state index contributed by atoms with van der Waals surface area (Å²) in [6.07, 6.45) is -2.53. The molecule has 7 heteroatoms. The first kappa shape index (κ1) is 31.8. The van der Waals surface area contributed by atoms with E-state index in [0.29, 0.717) is 6.61 Å². The van der Waals surface area contributed by atoms with Gasteiger partial charge in [0.25, 0.3) is 0 Å². The van der Waals surface area contributed by atoms with Crippen LogP contribution in [-0.2, 0) is 48.3 Å². The molecule has 224 valence electrons. The Balaban J connectivity index is 1.71. The fraction of sp³-hybridized carbons (Fsp3) is 0.400. The highest BCUT2D eigenvalue weighted by Gasteiger charge is 2.63. The molecule has 3 aromatic rings. The molecule has 0 aliphatic carbocycles. The molecule has 5 atom stereocenters. The highest BCUT2D eigenvalue weighted by molar-refractivity contribution is 5.93. The molecular formula is C35H42O7. The monoisotopic (exact) mass is 574 g/mol. The van der Waals surface area contributed by atoms with Gasteiger partial charge in [0.1, 0.15) is 18.3 Å². The number of carbonyl (C=O) groups is 1. The van der Waals surface area contributed by atoms with Crippen LogP contribution in [0.3, 0.4) is 0 Å². The van der Waals surface area contributed by atoms with Crippen LogP contribution in [-0.4, -0.2) is 54.3 Å². The minimum Gasteiger partial charge on any atom is -0.375 e. The summed E-state index contributed by atoms with van der Waals surface area (Å²) < 4.78 is 31.4. The van der Waals surface area contributed by atoms with E-state index in [1.165, 1.54) is 0 Å². The first-order chi connectivity index (χ1) is 20.2. The molecule has 0 aromatic heterocycles. The lowest BCUT2D eigenvalue weighted by Crippen LogP contribution is -2.73. The lowest BCUT2D eigenvalue weighted by Gasteiger charge is -2.51.